The van der Waals surface area contributed by atoms with Crippen LogP contribution in [0.15, 0.2) is 41.2 Å². The van der Waals surface area contributed by atoms with Crippen LogP contribution in [-0.2, 0) is 11.3 Å². The van der Waals surface area contributed by atoms with Crippen molar-refractivity contribution in [3.8, 4) is 5.82 Å². The van der Waals surface area contributed by atoms with Gasteiger partial charge in [-0.3, -0.25) is 9.59 Å². The highest BCUT2D eigenvalue weighted by molar-refractivity contribution is 6.31. The predicted molar refractivity (Wildman–Crippen MR) is 99.9 cm³/mol. The van der Waals surface area contributed by atoms with Crippen molar-refractivity contribution >= 4 is 23.2 Å². The number of hydrogen-bond acceptors (Lipinski definition) is 4. The van der Waals surface area contributed by atoms with Crippen LogP contribution in [0.4, 0.5) is 5.69 Å². The molecule has 0 fully saturated rings. The van der Waals surface area contributed by atoms with Crippen LogP contribution in [-0.4, -0.2) is 25.5 Å². The van der Waals surface area contributed by atoms with Crippen molar-refractivity contribution < 1.29 is 4.79 Å². The molecule has 8 heteroatoms. The first-order valence-electron chi connectivity index (χ1n) is 8.01. The van der Waals surface area contributed by atoms with Crippen molar-refractivity contribution in [2.24, 2.45) is 0 Å². The lowest BCUT2D eigenvalue weighted by Gasteiger charge is -2.10. The molecule has 0 unspecified atom stereocenters. The van der Waals surface area contributed by atoms with E-state index in [0.717, 1.165) is 21.6 Å². The average Bonchev–Trinajstić information content (AvgIpc) is 2.91. The third-order valence-corrected chi connectivity index (χ3v) is 4.08. The molecule has 7 nitrogen and oxygen atoms in total. The summed E-state index contributed by atoms with van der Waals surface area (Å²) >= 11 is 5.96. The van der Waals surface area contributed by atoms with E-state index < -0.39 is 0 Å². The number of amides is 1. The van der Waals surface area contributed by atoms with Crippen LogP contribution in [0.2, 0.25) is 5.02 Å². The molecule has 1 N–H and O–H groups in total. The molecule has 0 saturated carbocycles. The molecule has 0 aliphatic rings. The monoisotopic (exact) mass is 371 g/mol. The van der Waals surface area contributed by atoms with Crippen molar-refractivity contribution in [2.75, 3.05) is 5.32 Å². The van der Waals surface area contributed by atoms with Crippen molar-refractivity contribution in [3.05, 3.63) is 68.7 Å². The van der Waals surface area contributed by atoms with Gasteiger partial charge in [-0.25, -0.2) is 9.36 Å². The summed E-state index contributed by atoms with van der Waals surface area (Å²) in [5, 5.41) is 11.9. The minimum atomic E-state index is -0.367. The Bertz CT molecular complexity index is 1040. The maximum Gasteiger partial charge on any atom is 0.267 e. The predicted octanol–water partition coefficient (Wildman–Crippen LogP) is 2.65. The molecule has 0 aliphatic heterocycles. The fourth-order valence-corrected chi connectivity index (χ4v) is 2.75. The van der Waals surface area contributed by atoms with Gasteiger partial charge in [-0.1, -0.05) is 17.7 Å². The van der Waals surface area contributed by atoms with Gasteiger partial charge in [0.1, 0.15) is 6.54 Å². The molecule has 2 aromatic heterocycles. The SMILES string of the molecule is Cc1cc(C)n(-c2ccc(=O)n(CC(=O)Nc3cc(Cl)ccc3C)n2)n1. The van der Waals surface area contributed by atoms with E-state index in [2.05, 4.69) is 15.5 Å². The molecule has 2 heterocycles. The van der Waals surface area contributed by atoms with E-state index >= 15 is 0 Å². The molecule has 1 aromatic carbocycles. The lowest BCUT2D eigenvalue weighted by atomic mass is 10.2. The summed E-state index contributed by atoms with van der Waals surface area (Å²) < 4.78 is 2.74. The second-order valence-corrected chi connectivity index (χ2v) is 6.47. The Morgan fingerprint density at radius 1 is 1.12 bits per heavy atom. The third kappa shape index (κ3) is 3.83. The summed E-state index contributed by atoms with van der Waals surface area (Å²) in [5.74, 6) is 0.109. The van der Waals surface area contributed by atoms with Crippen molar-refractivity contribution in [3.63, 3.8) is 0 Å². The Morgan fingerprint density at radius 3 is 2.58 bits per heavy atom. The molecule has 0 spiro atoms. The quantitative estimate of drug-likeness (QED) is 0.764. The highest BCUT2D eigenvalue weighted by Gasteiger charge is 2.11. The number of carbonyl (C=O) groups is 1. The average molecular weight is 372 g/mol. The third-order valence-electron chi connectivity index (χ3n) is 3.85. The van der Waals surface area contributed by atoms with E-state index in [1.807, 2.05) is 32.9 Å². The number of benzene rings is 1. The van der Waals surface area contributed by atoms with Crippen LogP contribution >= 0.6 is 11.6 Å². The molecule has 0 bridgehead atoms. The first-order valence-corrected chi connectivity index (χ1v) is 8.39. The van der Waals surface area contributed by atoms with Gasteiger partial charge < -0.3 is 5.32 Å². The molecule has 134 valence electrons. The zero-order chi connectivity index (χ0) is 18.8. The largest absolute Gasteiger partial charge is 0.324 e. The number of anilines is 1. The maximum absolute atomic E-state index is 12.3. The summed E-state index contributed by atoms with van der Waals surface area (Å²) in [6, 6.07) is 10.1. The van der Waals surface area contributed by atoms with E-state index in [9.17, 15) is 9.59 Å². The van der Waals surface area contributed by atoms with Crippen LogP contribution in [0, 0.1) is 20.8 Å². The number of carbonyl (C=O) groups excluding carboxylic acids is 1. The fraction of sp³-hybridized carbons (Fsp3) is 0.222. The van der Waals surface area contributed by atoms with Gasteiger partial charge in [0.2, 0.25) is 5.91 Å². The van der Waals surface area contributed by atoms with Crippen LogP contribution in [0.25, 0.3) is 5.82 Å². The standard InChI is InChI=1S/C18H18ClN5O2/c1-11-4-5-14(19)9-15(11)20-17(25)10-23-18(26)7-6-16(22-23)24-13(3)8-12(2)21-24/h4-9H,10H2,1-3H3,(H,20,25). The smallest absolute Gasteiger partial charge is 0.267 e. The van der Waals surface area contributed by atoms with E-state index in [1.165, 1.54) is 6.07 Å². The molecule has 3 rings (SSSR count). The summed E-state index contributed by atoms with van der Waals surface area (Å²) in [4.78, 5) is 24.4. The number of aromatic nitrogens is 4. The van der Waals surface area contributed by atoms with E-state index in [-0.39, 0.29) is 18.0 Å². The van der Waals surface area contributed by atoms with Gasteiger partial charge in [0.15, 0.2) is 5.82 Å². The lowest BCUT2D eigenvalue weighted by molar-refractivity contribution is -0.117. The number of halogens is 1. The highest BCUT2D eigenvalue weighted by Crippen LogP contribution is 2.20. The second-order valence-electron chi connectivity index (χ2n) is 6.03. The fourth-order valence-electron chi connectivity index (χ4n) is 2.58. The van der Waals surface area contributed by atoms with E-state index in [4.69, 9.17) is 11.6 Å². The summed E-state index contributed by atoms with van der Waals surface area (Å²) in [6.07, 6.45) is 0. The normalized spacial score (nSPS) is 10.8. The molecule has 26 heavy (non-hydrogen) atoms. The van der Waals surface area contributed by atoms with E-state index in [0.29, 0.717) is 16.5 Å². The lowest BCUT2D eigenvalue weighted by Crippen LogP contribution is -2.30. The molecule has 1 amide bonds. The van der Waals surface area contributed by atoms with Gasteiger partial charge in [-0.15, -0.1) is 5.10 Å². The Kier molecular flexibility index (Phi) is 4.90. The summed E-state index contributed by atoms with van der Waals surface area (Å²) in [5.41, 5.74) is 2.84. The number of nitrogens with one attached hydrogen (secondary N) is 1. The Hall–Kier alpha value is -2.93. The van der Waals surface area contributed by atoms with Gasteiger partial charge in [0, 0.05) is 22.5 Å². The first-order chi connectivity index (χ1) is 12.3. The van der Waals surface area contributed by atoms with Crippen molar-refractivity contribution in [2.45, 2.75) is 27.3 Å². The number of aryl methyl sites for hydroxylation is 3. The zero-order valence-corrected chi connectivity index (χ0v) is 15.4. The Balaban J connectivity index is 1.84. The second kappa shape index (κ2) is 7.13. The maximum atomic E-state index is 12.3. The molecular formula is C18H18ClN5O2. The van der Waals surface area contributed by atoms with Gasteiger partial charge in [-0.2, -0.15) is 5.10 Å². The minimum absolute atomic E-state index is 0.210. The van der Waals surface area contributed by atoms with Crippen LogP contribution < -0.4 is 10.9 Å². The zero-order valence-electron chi connectivity index (χ0n) is 14.7. The van der Waals surface area contributed by atoms with Gasteiger partial charge in [0.25, 0.3) is 5.56 Å². The van der Waals surface area contributed by atoms with Crippen molar-refractivity contribution in [1.29, 1.82) is 0 Å². The summed E-state index contributed by atoms with van der Waals surface area (Å²) in [6.45, 7) is 5.42. The topological polar surface area (TPSA) is 81.8 Å². The Morgan fingerprint density at radius 2 is 1.88 bits per heavy atom. The number of rotatable bonds is 4. The van der Waals surface area contributed by atoms with E-state index in [1.54, 1.807) is 22.9 Å². The molecule has 0 aliphatic carbocycles. The van der Waals surface area contributed by atoms with Crippen LogP contribution in [0.1, 0.15) is 17.0 Å². The highest BCUT2D eigenvalue weighted by atomic mass is 35.5. The van der Waals surface area contributed by atoms with Gasteiger partial charge in [-0.05, 0) is 50.6 Å². The number of nitrogens with zero attached hydrogens (tertiary/aromatic N) is 4. The van der Waals surface area contributed by atoms with Crippen LogP contribution in [0.5, 0.6) is 0 Å². The molecular weight excluding hydrogens is 354 g/mol. The van der Waals surface area contributed by atoms with Gasteiger partial charge >= 0.3 is 0 Å². The number of hydrogen-bond donors (Lipinski definition) is 1. The first kappa shape index (κ1) is 17.9. The molecule has 3 aromatic rings. The summed E-state index contributed by atoms with van der Waals surface area (Å²) in [7, 11) is 0. The van der Waals surface area contributed by atoms with Crippen molar-refractivity contribution in [1.82, 2.24) is 19.6 Å². The molecule has 0 radical (unpaired) electrons. The minimum Gasteiger partial charge on any atom is -0.324 e. The molecule has 0 saturated heterocycles. The van der Waals surface area contributed by atoms with Crippen LogP contribution in [0.3, 0.4) is 0 Å². The van der Waals surface area contributed by atoms with Gasteiger partial charge in [0.05, 0.1) is 5.69 Å². The Labute approximate surface area is 155 Å². The molecule has 0 atom stereocenters.